The second kappa shape index (κ2) is 4.89. The summed E-state index contributed by atoms with van der Waals surface area (Å²) in [6.07, 6.45) is 0. The molecule has 0 spiro atoms. The number of aliphatic carboxylic acids is 1. The molecule has 1 atom stereocenters. The number of fused-ring (bicyclic) bond motifs is 3. The number of rotatable bonds is 2. The van der Waals surface area contributed by atoms with Crippen molar-refractivity contribution in [2.24, 2.45) is 0 Å². The van der Waals surface area contributed by atoms with Gasteiger partial charge in [0.25, 0.3) is 0 Å². The number of carboxylic acid groups (broad SMARTS) is 1. The minimum atomic E-state index is -2.02. The SMILES string of the molecule is O=C(O)[C@]1(c2cccc(F)c2)Nc2c(ccc3ccccc23)C1=O. The van der Waals surface area contributed by atoms with Gasteiger partial charge in [0.15, 0.2) is 0 Å². The lowest BCUT2D eigenvalue weighted by molar-refractivity contribution is -0.140. The van der Waals surface area contributed by atoms with Gasteiger partial charge in [-0.2, -0.15) is 0 Å². The number of carboxylic acids is 1. The summed E-state index contributed by atoms with van der Waals surface area (Å²) in [5, 5.41) is 14.3. The van der Waals surface area contributed by atoms with E-state index in [-0.39, 0.29) is 5.56 Å². The summed E-state index contributed by atoms with van der Waals surface area (Å²) in [6, 6.07) is 15.9. The van der Waals surface area contributed by atoms with Crippen molar-refractivity contribution in [2.75, 3.05) is 5.32 Å². The minimum absolute atomic E-state index is 0.0697. The van der Waals surface area contributed by atoms with E-state index in [0.29, 0.717) is 11.3 Å². The van der Waals surface area contributed by atoms with Gasteiger partial charge in [0, 0.05) is 10.9 Å². The Morgan fingerprint density at radius 3 is 2.58 bits per heavy atom. The van der Waals surface area contributed by atoms with E-state index in [1.165, 1.54) is 18.2 Å². The zero-order valence-corrected chi connectivity index (χ0v) is 12.4. The number of Topliss-reactive ketones (excluding diaryl/α,β-unsaturated/α-hetero) is 1. The van der Waals surface area contributed by atoms with Crippen LogP contribution < -0.4 is 5.32 Å². The normalized spacial score (nSPS) is 19.1. The number of hydrogen-bond donors (Lipinski definition) is 2. The maximum atomic E-state index is 13.6. The van der Waals surface area contributed by atoms with Gasteiger partial charge in [-0.05, 0) is 29.1 Å². The van der Waals surface area contributed by atoms with Crippen LogP contribution >= 0.6 is 0 Å². The van der Waals surface area contributed by atoms with Crippen molar-refractivity contribution >= 4 is 28.2 Å². The van der Waals surface area contributed by atoms with Gasteiger partial charge in [0.1, 0.15) is 5.82 Å². The van der Waals surface area contributed by atoms with Crippen molar-refractivity contribution in [1.29, 1.82) is 0 Å². The molecule has 3 aromatic carbocycles. The van der Waals surface area contributed by atoms with Gasteiger partial charge in [0.2, 0.25) is 11.3 Å². The summed E-state index contributed by atoms with van der Waals surface area (Å²) in [4.78, 5) is 25.0. The summed E-state index contributed by atoms with van der Waals surface area (Å²) in [7, 11) is 0. The molecular weight excluding hydrogens is 309 g/mol. The summed E-state index contributed by atoms with van der Waals surface area (Å²) in [5.41, 5.74) is -1.19. The van der Waals surface area contributed by atoms with E-state index in [0.717, 1.165) is 16.8 Å². The van der Waals surface area contributed by atoms with Crippen LogP contribution in [0.3, 0.4) is 0 Å². The van der Waals surface area contributed by atoms with Crippen LogP contribution in [0, 0.1) is 5.82 Å². The first kappa shape index (κ1) is 14.4. The molecule has 0 fully saturated rings. The molecule has 1 aliphatic heterocycles. The topological polar surface area (TPSA) is 66.4 Å². The van der Waals surface area contributed by atoms with E-state index in [2.05, 4.69) is 5.32 Å². The largest absolute Gasteiger partial charge is 0.479 e. The van der Waals surface area contributed by atoms with Crippen LogP contribution in [0.25, 0.3) is 10.8 Å². The Kier molecular flexibility index (Phi) is 2.93. The highest BCUT2D eigenvalue weighted by molar-refractivity contribution is 6.27. The van der Waals surface area contributed by atoms with Crippen LogP contribution in [0.5, 0.6) is 0 Å². The van der Waals surface area contributed by atoms with Crippen molar-refractivity contribution < 1.29 is 19.1 Å². The zero-order valence-electron chi connectivity index (χ0n) is 12.4. The van der Waals surface area contributed by atoms with Crippen molar-refractivity contribution in [3.8, 4) is 0 Å². The molecule has 0 saturated heterocycles. The number of anilines is 1. The minimum Gasteiger partial charge on any atom is -0.479 e. The lowest BCUT2D eigenvalue weighted by Gasteiger charge is -2.24. The van der Waals surface area contributed by atoms with E-state index >= 15 is 0 Å². The third-order valence-electron chi connectivity index (χ3n) is 4.41. The standard InChI is InChI=1S/C19H12FNO3/c20-13-6-3-5-12(10-13)19(18(23)24)17(22)15-9-8-11-4-1-2-7-14(11)16(15)21-19/h1-10,21H,(H,23,24)/t19-/m1/s1. The molecule has 118 valence electrons. The van der Waals surface area contributed by atoms with E-state index in [1.54, 1.807) is 12.1 Å². The molecule has 0 aromatic heterocycles. The highest BCUT2D eigenvalue weighted by Crippen LogP contribution is 2.43. The van der Waals surface area contributed by atoms with Crippen LogP contribution in [0.1, 0.15) is 15.9 Å². The Bertz CT molecular complexity index is 1010. The average Bonchev–Trinajstić information content (AvgIpc) is 2.89. The molecule has 0 saturated carbocycles. The van der Waals surface area contributed by atoms with Crippen LogP contribution in [-0.2, 0) is 10.3 Å². The monoisotopic (exact) mass is 321 g/mol. The summed E-state index contributed by atoms with van der Waals surface area (Å²) in [5.74, 6) is -2.55. The number of nitrogens with one attached hydrogen (secondary N) is 1. The second-order valence-electron chi connectivity index (χ2n) is 5.73. The third kappa shape index (κ3) is 1.78. The zero-order chi connectivity index (χ0) is 16.9. The number of benzene rings is 3. The van der Waals surface area contributed by atoms with Gasteiger partial charge in [-0.25, -0.2) is 9.18 Å². The maximum Gasteiger partial charge on any atom is 0.342 e. The lowest BCUT2D eigenvalue weighted by Crippen LogP contribution is -2.46. The average molecular weight is 321 g/mol. The molecule has 3 aromatic rings. The van der Waals surface area contributed by atoms with Gasteiger partial charge in [0.05, 0.1) is 5.69 Å². The molecule has 0 aliphatic carbocycles. The quantitative estimate of drug-likeness (QED) is 0.708. The lowest BCUT2D eigenvalue weighted by atomic mass is 9.85. The molecule has 0 unspecified atom stereocenters. The van der Waals surface area contributed by atoms with Gasteiger partial charge in [-0.15, -0.1) is 0 Å². The highest BCUT2D eigenvalue weighted by Gasteiger charge is 2.53. The Morgan fingerprint density at radius 2 is 1.83 bits per heavy atom. The summed E-state index contributed by atoms with van der Waals surface area (Å²) >= 11 is 0. The van der Waals surface area contributed by atoms with Crippen LogP contribution in [0.15, 0.2) is 60.7 Å². The van der Waals surface area contributed by atoms with Gasteiger partial charge in [-0.1, -0.05) is 42.5 Å². The van der Waals surface area contributed by atoms with Crippen LogP contribution in [0.2, 0.25) is 0 Å². The Labute approximate surface area is 136 Å². The Hall–Kier alpha value is -3.21. The highest BCUT2D eigenvalue weighted by atomic mass is 19.1. The van der Waals surface area contributed by atoms with Crippen molar-refractivity contribution in [3.05, 3.63) is 77.6 Å². The number of hydrogen-bond acceptors (Lipinski definition) is 3. The molecule has 1 aliphatic rings. The van der Waals surface area contributed by atoms with Crippen molar-refractivity contribution in [1.82, 2.24) is 0 Å². The predicted molar refractivity (Wildman–Crippen MR) is 87.6 cm³/mol. The third-order valence-corrected chi connectivity index (χ3v) is 4.41. The molecule has 5 heteroatoms. The van der Waals surface area contributed by atoms with Gasteiger partial charge < -0.3 is 10.4 Å². The number of carbonyl (C=O) groups is 2. The number of halogens is 1. The molecule has 4 rings (SSSR count). The molecule has 4 nitrogen and oxygen atoms in total. The van der Waals surface area contributed by atoms with Crippen LogP contribution in [-0.4, -0.2) is 16.9 Å². The van der Waals surface area contributed by atoms with Gasteiger partial charge in [-0.3, -0.25) is 4.79 Å². The Balaban J connectivity index is 2.00. The van der Waals surface area contributed by atoms with E-state index < -0.39 is 23.1 Å². The number of ketones is 1. The van der Waals surface area contributed by atoms with Crippen LogP contribution in [0.4, 0.5) is 10.1 Å². The molecule has 0 amide bonds. The van der Waals surface area contributed by atoms with Crippen molar-refractivity contribution in [3.63, 3.8) is 0 Å². The van der Waals surface area contributed by atoms with E-state index in [9.17, 15) is 19.1 Å². The molecule has 1 heterocycles. The Morgan fingerprint density at radius 1 is 1.04 bits per heavy atom. The first-order valence-electron chi connectivity index (χ1n) is 7.38. The molecule has 0 bridgehead atoms. The summed E-state index contributed by atoms with van der Waals surface area (Å²) < 4.78 is 13.6. The molecule has 24 heavy (non-hydrogen) atoms. The van der Waals surface area contributed by atoms with Crippen molar-refractivity contribution in [2.45, 2.75) is 5.54 Å². The maximum absolute atomic E-state index is 13.6. The fraction of sp³-hybridized carbons (Fsp3) is 0.0526. The second-order valence-corrected chi connectivity index (χ2v) is 5.73. The fourth-order valence-electron chi connectivity index (χ4n) is 3.24. The molecule has 2 N–H and O–H groups in total. The molecular formula is C19H12FNO3. The summed E-state index contributed by atoms with van der Waals surface area (Å²) in [6.45, 7) is 0. The van der Waals surface area contributed by atoms with E-state index in [4.69, 9.17) is 0 Å². The number of carbonyl (C=O) groups excluding carboxylic acids is 1. The fourth-order valence-corrected chi connectivity index (χ4v) is 3.24. The van der Waals surface area contributed by atoms with Gasteiger partial charge >= 0.3 is 5.97 Å². The smallest absolute Gasteiger partial charge is 0.342 e. The predicted octanol–water partition coefficient (Wildman–Crippen LogP) is 3.57. The first-order valence-corrected chi connectivity index (χ1v) is 7.38. The van der Waals surface area contributed by atoms with E-state index in [1.807, 2.05) is 24.3 Å². The first-order chi connectivity index (χ1) is 11.5. The molecule has 0 radical (unpaired) electrons.